The van der Waals surface area contributed by atoms with E-state index in [1.807, 2.05) is 24.3 Å². The summed E-state index contributed by atoms with van der Waals surface area (Å²) < 4.78 is 12.7. The summed E-state index contributed by atoms with van der Waals surface area (Å²) in [4.78, 5) is 14.5. The summed E-state index contributed by atoms with van der Waals surface area (Å²) in [6.07, 6.45) is 3.12. The summed E-state index contributed by atoms with van der Waals surface area (Å²) in [5, 5.41) is 2.95. The second-order valence-corrected chi connectivity index (χ2v) is 7.21. The normalized spacial score (nSPS) is 28.2. The number of rotatable bonds is 4. The number of likely N-dealkylation sites (tertiary alicyclic amines) is 1. The molecule has 1 aromatic carbocycles. The Hall–Kier alpha value is -0.950. The molecule has 2 heterocycles. The summed E-state index contributed by atoms with van der Waals surface area (Å²) in [7, 11) is 1.75. The Labute approximate surface area is 145 Å². The fourth-order valence-corrected chi connectivity index (χ4v) is 3.89. The zero-order valence-electron chi connectivity index (χ0n) is 13.4. The molecule has 2 aliphatic rings. The lowest BCUT2D eigenvalue weighted by Gasteiger charge is -2.44. The van der Waals surface area contributed by atoms with Crippen molar-refractivity contribution in [2.24, 2.45) is 0 Å². The van der Waals surface area contributed by atoms with Crippen molar-refractivity contribution in [2.75, 3.05) is 38.7 Å². The average molecular weight is 383 g/mol. The van der Waals surface area contributed by atoms with Crippen LogP contribution in [0.5, 0.6) is 0 Å². The van der Waals surface area contributed by atoms with Gasteiger partial charge in [0.25, 0.3) is 0 Å². The molecule has 5 nitrogen and oxygen atoms in total. The Morgan fingerprint density at radius 3 is 2.91 bits per heavy atom. The zero-order valence-corrected chi connectivity index (χ0v) is 15.0. The minimum Gasteiger partial charge on any atom is -0.378 e. The van der Waals surface area contributed by atoms with E-state index in [9.17, 15) is 4.79 Å². The van der Waals surface area contributed by atoms with Crippen LogP contribution in [-0.2, 0) is 14.3 Å². The van der Waals surface area contributed by atoms with Crippen molar-refractivity contribution < 1.29 is 14.3 Å². The molecule has 1 amide bonds. The first-order chi connectivity index (χ1) is 11.1. The van der Waals surface area contributed by atoms with Crippen molar-refractivity contribution in [3.05, 3.63) is 28.7 Å². The molecular weight excluding hydrogens is 360 g/mol. The largest absolute Gasteiger partial charge is 0.378 e. The number of anilines is 1. The second kappa shape index (κ2) is 7.30. The number of piperidine rings is 1. The predicted octanol–water partition coefficient (Wildman–Crippen LogP) is 2.66. The smallest absolute Gasteiger partial charge is 0.238 e. The van der Waals surface area contributed by atoms with Gasteiger partial charge < -0.3 is 14.8 Å². The molecule has 0 aliphatic carbocycles. The third-order valence-corrected chi connectivity index (χ3v) is 5.23. The van der Waals surface area contributed by atoms with Crippen LogP contribution in [0.2, 0.25) is 0 Å². The number of ether oxygens (including phenoxy) is 2. The molecule has 2 saturated heterocycles. The lowest BCUT2D eigenvalue weighted by Crippen LogP contribution is -2.58. The lowest BCUT2D eigenvalue weighted by atomic mass is 9.87. The molecule has 0 saturated carbocycles. The van der Waals surface area contributed by atoms with Gasteiger partial charge in [0.1, 0.15) is 5.60 Å². The maximum absolute atomic E-state index is 12.3. The molecular formula is C17H23BrN2O3. The fraction of sp³-hybridized carbons (Fsp3) is 0.588. The standard InChI is InChI=1S/C17H23BrN2O3/c1-22-15-7-9-20(12-17(15)8-2-10-23-17)11-16(21)19-14-5-3-13(18)4-6-14/h3-6,15H,2,7-12H2,1H3,(H,19,21). The maximum atomic E-state index is 12.3. The summed E-state index contributed by atoms with van der Waals surface area (Å²) >= 11 is 3.39. The Bertz CT molecular complexity index is 543. The summed E-state index contributed by atoms with van der Waals surface area (Å²) in [5.74, 6) is 0.0105. The summed E-state index contributed by atoms with van der Waals surface area (Å²) in [6.45, 7) is 2.80. The van der Waals surface area contributed by atoms with E-state index < -0.39 is 0 Å². The van der Waals surface area contributed by atoms with Gasteiger partial charge in [0.05, 0.1) is 12.6 Å². The van der Waals surface area contributed by atoms with Gasteiger partial charge in [-0.15, -0.1) is 0 Å². The van der Waals surface area contributed by atoms with E-state index in [2.05, 4.69) is 26.1 Å². The molecule has 2 unspecified atom stereocenters. The maximum Gasteiger partial charge on any atom is 0.238 e. The Kier molecular flexibility index (Phi) is 5.36. The topological polar surface area (TPSA) is 50.8 Å². The van der Waals surface area contributed by atoms with E-state index in [0.29, 0.717) is 6.54 Å². The molecule has 2 atom stereocenters. The SMILES string of the molecule is COC1CCN(CC(=O)Nc2ccc(Br)cc2)CC12CCCO2. The number of methoxy groups -OCH3 is 1. The fourth-order valence-electron chi connectivity index (χ4n) is 3.62. The first kappa shape index (κ1) is 16.9. The van der Waals surface area contributed by atoms with Crippen LogP contribution in [0.15, 0.2) is 28.7 Å². The van der Waals surface area contributed by atoms with Gasteiger partial charge in [-0.25, -0.2) is 0 Å². The van der Waals surface area contributed by atoms with Gasteiger partial charge in [-0.3, -0.25) is 9.69 Å². The highest BCUT2D eigenvalue weighted by Gasteiger charge is 2.47. The van der Waals surface area contributed by atoms with Gasteiger partial charge in [-0.1, -0.05) is 15.9 Å². The van der Waals surface area contributed by atoms with Crippen molar-refractivity contribution in [1.82, 2.24) is 4.90 Å². The van der Waals surface area contributed by atoms with Crippen molar-refractivity contribution in [1.29, 1.82) is 0 Å². The van der Waals surface area contributed by atoms with Crippen LogP contribution in [0.25, 0.3) is 0 Å². The number of amides is 1. The number of nitrogens with one attached hydrogen (secondary N) is 1. The third kappa shape index (κ3) is 3.94. The highest BCUT2D eigenvalue weighted by atomic mass is 79.9. The van der Waals surface area contributed by atoms with Crippen LogP contribution in [0, 0.1) is 0 Å². The van der Waals surface area contributed by atoms with E-state index in [1.165, 1.54) is 0 Å². The van der Waals surface area contributed by atoms with Gasteiger partial charge in [0.2, 0.25) is 5.91 Å². The number of carbonyl (C=O) groups is 1. The molecule has 1 aromatic rings. The molecule has 126 valence electrons. The third-order valence-electron chi connectivity index (χ3n) is 4.70. The first-order valence-corrected chi connectivity index (χ1v) is 8.85. The Morgan fingerprint density at radius 1 is 1.48 bits per heavy atom. The number of benzene rings is 1. The molecule has 2 aliphatic heterocycles. The number of halogens is 1. The van der Waals surface area contributed by atoms with Gasteiger partial charge in [-0.05, 0) is 43.5 Å². The number of nitrogens with zero attached hydrogens (tertiary/aromatic N) is 1. The van der Waals surface area contributed by atoms with Crippen LogP contribution >= 0.6 is 15.9 Å². The number of hydrogen-bond donors (Lipinski definition) is 1. The van der Waals surface area contributed by atoms with Crippen LogP contribution < -0.4 is 5.32 Å². The van der Waals surface area contributed by atoms with Crippen LogP contribution in [0.3, 0.4) is 0 Å². The van der Waals surface area contributed by atoms with E-state index >= 15 is 0 Å². The Balaban J connectivity index is 1.57. The van der Waals surface area contributed by atoms with Crippen LogP contribution in [0.1, 0.15) is 19.3 Å². The molecule has 1 N–H and O–H groups in total. The molecule has 6 heteroatoms. The van der Waals surface area contributed by atoms with Crippen molar-refractivity contribution >= 4 is 27.5 Å². The number of hydrogen-bond acceptors (Lipinski definition) is 4. The first-order valence-electron chi connectivity index (χ1n) is 8.06. The lowest BCUT2D eigenvalue weighted by molar-refractivity contribution is -0.146. The monoisotopic (exact) mass is 382 g/mol. The minimum absolute atomic E-state index is 0.0105. The van der Waals surface area contributed by atoms with Gasteiger partial charge in [-0.2, -0.15) is 0 Å². The predicted molar refractivity (Wildman–Crippen MR) is 92.5 cm³/mol. The van der Waals surface area contributed by atoms with E-state index in [-0.39, 0.29) is 17.6 Å². The highest BCUT2D eigenvalue weighted by Crippen LogP contribution is 2.36. The van der Waals surface area contributed by atoms with E-state index in [0.717, 1.165) is 49.1 Å². The second-order valence-electron chi connectivity index (χ2n) is 6.30. The summed E-state index contributed by atoms with van der Waals surface area (Å²) in [6, 6.07) is 7.61. The van der Waals surface area contributed by atoms with E-state index in [1.54, 1.807) is 7.11 Å². The molecule has 23 heavy (non-hydrogen) atoms. The molecule has 0 aromatic heterocycles. The van der Waals surface area contributed by atoms with Gasteiger partial charge in [0, 0.05) is 37.0 Å². The van der Waals surface area contributed by atoms with E-state index in [4.69, 9.17) is 9.47 Å². The zero-order chi connectivity index (χ0) is 16.3. The van der Waals surface area contributed by atoms with Crippen LogP contribution in [-0.4, -0.2) is 55.9 Å². The molecule has 1 spiro atoms. The Morgan fingerprint density at radius 2 is 2.26 bits per heavy atom. The van der Waals surface area contributed by atoms with Crippen molar-refractivity contribution in [3.63, 3.8) is 0 Å². The van der Waals surface area contributed by atoms with Gasteiger partial charge >= 0.3 is 0 Å². The summed E-state index contributed by atoms with van der Waals surface area (Å²) in [5.41, 5.74) is 0.585. The minimum atomic E-state index is -0.231. The van der Waals surface area contributed by atoms with Crippen molar-refractivity contribution in [2.45, 2.75) is 31.0 Å². The molecule has 0 bridgehead atoms. The number of carbonyl (C=O) groups excluding carboxylic acids is 1. The highest BCUT2D eigenvalue weighted by molar-refractivity contribution is 9.10. The molecule has 2 fully saturated rings. The van der Waals surface area contributed by atoms with Crippen LogP contribution in [0.4, 0.5) is 5.69 Å². The average Bonchev–Trinajstić information content (AvgIpc) is 2.98. The quantitative estimate of drug-likeness (QED) is 0.869. The molecule has 3 rings (SSSR count). The van der Waals surface area contributed by atoms with Crippen molar-refractivity contribution in [3.8, 4) is 0 Å². The van der Waals surface area contributed by atoms with Gasteiger partial charge in [0.15, 0.2) is 0 Å². The molecule has 0 radical (unpaired) electrons.